The minimum absolute atomic E-state index is 0.0237. The molecule has 1 fully saturated rings. The van der Waals surface area contributed by atoms with Crippen molar-refractivity contribution in [3.8, 4) is 5.75 Å². The molecule has 5 rings (SSSR count). The number of nitrogens with zero attached hydrogens (tertiary/aromatic N) is 1. The molecule has 2 aliphatic rings. The Bertz CT molecular complexity index is 1350. The molecule has 0 saturated carbocycles. The van der Waals surface area contributed by atoms with Crippen molar-refractivity contribution in [2.45, 2.75) is 64.1 Å². The Morgan fingerprint density at radius 2 is 1.80 bits per heavy atom. The van der Waals surface area contributed by atoms with Gasteiger partial charge in [-0.25, -0.2) is 4.79 Å². The molecule has 2 aliphatic heterocycles. The summed E-state index contributed by atoms with van der Waals surface area (Å²) in [5, 5.41) is 12.6. The standard InChI is InChI=1S/C28H30ClNO5/c1-17-21-14-18-8-9-27(2,3)35-23(18)16-24(21)34-26(32)22(17)15-25(31)30-12-10-28(33,11-13-30)19-4-6-20(29)7-5-19/h4-7,14,16,33H,8-13,15H2,1-3H3. The fraction of sp³-hybridized carbons (Fsp3) is 0.429. The third kappa shape index (κ3) is 4.57. The quantitative estimate of drug-likeness (QED) is 0.522. The first kappa shape index (κ1) is 23.9. The van der Waals surface area contributed by atoms with Crippen molar-refractivity contribution in [1.82, 2.24) is 4.90 Å². The lowest BCUT2D eigenvalue weighted by molar-refractivity contribution is -0.135. The molecule has 0 aliphatic carbocycles. The molecular weight excluding hydrogens is 466 g/mol. The molecule has 184 valence electrons. The van der Waals surface area contributed by atoms with Gasteiger partial charge in [-0.1, -0.05) is 23.7 Å². The fourth-order valence-electron chi connectivity index (χ4n) is 5.18. The number of aliphatic hydroxyl groups is 1. The van der Waals surface area contributed by atoms with Gasteiger partial charge in [0.1, 0.15) is 16.9 Å². The normalized spacial score (nSPS) is 18.7. The first-order valence-electron chi connectivity index (χ1n) is 12.1. The molecule has 35 heavy (non-hydrogen) atoms. The molecule has 0 atom stereocenters. The monoisotopic (exact) mass is 495 g/mol. The molecule has 0 bridgehead atoms. The van der Waals surface area contributed by atoms with E-state index in [9.17, 15) is 14.7 Å². The highest BCUT2D eigenvalue weighted by Crippen LogP contribution is 2.37. The number of ether oxygens (including phenoxy) is 1. The molecule has 3 aromatic rings. The van der Waals surface area contributed by atoms with Crippen LogP contribution in [0.3, 0.4) is 0 Å². The molecule has 0 spiro atoms. The van der Waals surface area contributed by atoms with Crippen LogP contribution in [0.25, 0.3) is 11.0 Å². The van der Waals surface area contributed by atoms with E-state index in [-0.39, 0.29) is 17.9 Å². The van der Waals surface area contributed by atoms with E-state index in [1.165, 1.54) is 0 Å². The van der Waals surface area contributed by atoms with Crippen LogP contribution in [0.5, 0.6) is 5.75 Å². The summed E-state index contributed by atoms with van der Waals surface area (Å²) in [6.07, 6.45) is 2.62. The van der Waals surface area contributed by atoms with Gasteiger partial charge < -0.3 is 19.2 Å². The van der Waals surface area contributed by atoms with Crippen LogP contribution in [0, 0.1) is 6.92 Å². The first-order valence-corrected chi connectivity index (χ1v) is 12.5. The Hall–Kier alpha value is -2.83. The third-order valence-electron chi connectivity index (χ3n) is 7.50. The minimum atomic E-state index is -0.991. The Morgan fingerprint density at radius 3 is 2.49 bits per heavy atom. The van der Waals surface area contributed by atoms with Crippen molar-refractivity contribution in [1.29, 1.82) is 0 Å². The number of piperidine rings is 1. The van der Waals surface area contributed by atoms with E-state index >= 15 is 0 Å². The lowest BCUT2D eigenvalue weighted by atomic mass is 9.84. The minimum Gasteiger partial charge on any atom is -0.487 e. The van der Waals surface area contributed by atoms with Gasteiger partial charge in [0.15, 0.2) is 0 Å². The van der Waals surface area contributed by atoms with E-state index in [1.807, 2.05) is 39.0 Å². The van der Waals surface area contributed by atoms with Gasteiger partial charge in [0, 0.05) is 29.6 Å². The van der Waals surface area contributed by atoms with Crippen LogP contribution in [-0.4, -0.2) is 34.6 Å². The maximum Gasteiger partial charge on any atom is 0.340 e. The van der Waals surface area contributed by atoms with E-state index < -0.39 is 11.2 Å². The number of hydrogen-bond acceptors (Lipinski definition) is 5. The van der Waals surface area contributed by atoms with E-state index in [0.717, 1.165) is 40.7 Å². The highest BCUT2D eigenvalue weighted by atomic mass is 35.5. The Morgan fingerprint density at radius 1 is 1.11 bits per heavy atom. The van der Waals surface area contributed by atoms with Crippen molar-refractivity contribution in [3.63, 3.8) is 0 Å². The number of fused-ring (bicyclic) bond motifs is 2. The second kappa shape index (κ2) is 8.68. The number of rotatable bonds is 3. The predicted molar refractivity (Wildman–Crippen MR) is 135 cm³/mol. The fourth-order valence-corrected chi connectivity index (χ4v) is 5.30. The topological polar surface area (TPSA) is 80.0 Å². The van der Waals surface area contributed by atoms with Gasteiger partial charge in [0.05, 0.1) is 17.6 Å². The van der Waals surface area contributed by atoms with E-state index in [4.69, 9.17) is 20.8 Å². The number of benzene rings is 2. The lowest BCUT2D eigenvalue weighted by Gasteiger charge is -2.38. The zero-order valence-corrected chi connectivity index (χ0v) is 21.1. The van der Waals surface area contributed by atoms with Gasteiger partial charge in [-0.3, -0.25) is 4.79 Å². The molecule has 7 heteroatoms. The highest BCUT2D eigenvalue weighted by molar-refractivity contribution is 6.30. The van der Waals surface area contributed by atoms with E-state index in [2.05, 4.69) is 0 Å². The highest BCUT2D eigenvalue weighted by Gasteiger charge is 2.36. The third-order valence-corrected chi connectivity index (χ3v) is 7.76. The van der Waals surface area contributed by atoms with Crippen molar-refractivity contribution in [3.05, 3.63) is 74.1 Å². The average Bonchev–Trinajstić information content (AvgIpc) is 2.81. The largest absolute Gasteiger partial charge is 0.487 e. The number of carbonyl (C=O) groups excluding carboxylic acids is 1. The summed E-state index contributed by atoms with van der Waals surface area (Å²) in [6, 6.07) is 11.0. The maximum atomic E-state index is 13.1. The van der Waals surface area contributed by atoms with E-state index in [0.29, 0.717) is 42.1 Å². The molecule has 0 unspecified atom stereocenters. The van der Waals surface area contributed by atoms with Crippen LogP contribution in [0.15, 0.2) is 45.6 Å². The average molecular weight is 496 g/mol. The van der Waals surface area contributed by atoms with Crippen LogP contribution < -0.4 is 10.4 Å². The van der Waals surface area contributed by atoms with Crippen molar-refractivity contribution in [2.75, 3.05) is 13.1 Å². The SMILES string of the molecule is Cc1c(CC(=O)N2CCC(O)(c3ccc(Cl)cc3)CC2)c(=O)oc2cc3c(cc12)CCC(C)(C)O3. The molecule has 1 amide bonds. The Balaban J connectivity index is 1.34. The maximum absolute atomic E-state index is 13.1. The molecular formula is C28H30ClNO5. The number of hydrogen-bond donors (Lipinski definition) is 1. The van der Waals surface area contributed by atoms with Gasteiger partial charge in [0.25, 0.3) is 0 Å². The lowest BCUT2D eigenvalue weighted by Crippen LogP contribution is -2.46. The number of amides is 1. The summed E-state index contributed by atoms with van der Waals surface area (Å²) in [4.78, 5) is 27.7. The zero-order valence-electron chi connectivity index (χ0n) is 20.3. The van der Waals surface area contributed by atoms with Crippen molar-refractivity contribution < 1.29 is 19.1 Å². The molecule has 1 aromatic heterocycles. The number of likely N-dealkylation sites (tertiary alicyclic amines) is 1. The number of halogens is 1. The van der Waals surface area contributed by atoms with Crippen LogP contribution in [0.2, 0.25) is 5.02 Å². The Labute approximate surface area is 209 Å². The predicted octanol–water partition coefficient (Wildman–Crippen LogP) is 4.91. The summed E-state index contributed by atoms with van der Waals surface area (Å²) in [5.74, 6) is 0.613. The van der Waals surface area contributed by atoms with Gasteiger partial charge in [0.2, 0.25) is 5.91 Å². The summed E-state index contributed by atoms with van der Waals surface area (Å²) >= 11 is 5.97. The summed E-state index contributed by atoms with van der Waals surface area (Å²) < 4.78 is 11.7. The molecule has 1 N–H and O–H groups in total. The molecule has 3 heterocycles. The molecule has 1 saturated heterocycles. The number of carbonyl (C=O) groups is 1. The first-order chi connectivity index (χ1) is 16.5. The summed E-state index contributed by atoms with van der Waals surface area (Å²) in [6.45, 7) is 6.80. The summed E-state index contributed by atoms with van der Waals surface area (Å²) in [7, 11) is 0. The van der Waals surface area contributed by atoms with Crippen LogP contribution in [-0.2, 0) is 23.2 Å². The van der Waals surface area contributed by atoms with Gasteiger partial charge in [-0.2, -0.15) is 0 Å². The van der Waals surface area contributed by atoms with Crippen LogP contribution >= 0.6 is 11.6 Å². The second-order valence-electron chi connectivity index (χ2n) is 10.4. The number of aryl methyl sites for hydroxylation is 2. The van der Waals surface area contributed by atoms with E-state index in [1.54, 1.807) is 23.1 Å². The van der Waals surface area contributed by atoms with Crippen molar-refractivity contribution in [2.24, 2.45) is 0 Å². The second-order valence-corrected chi connectivity index (χ2v) is 10.8. The Kier molecular flexibility index (Phi) is 5.93. The van der Waals surface area contributed by atoms with Crippen molar-refractivity contribution >= 4 is 28.5 Å². The summed E-state index contributed by atoms with van der Waals surface area (Å²) in [5.41, 5.74) is 1.79. The smallest absolute Gasteiger partial charge is 0.340 e. The molecule has 6 nitrogen and oxygen atoms in total. The van der Waals surface area contributed by atoms with Gasteiger partial charge >= 0.3 is 5.63 Å². The van der Waals surface area contributed by atoms with Gasteiger partial charge in [-0.05, 0) is 81.3 Å². The molecule has 2 aromatic carbocycles. The van der Waals surface area contributed by atoms with Crippen LogP contribution in [0.4, 0.5) is 0 Å². The zero-order chi connectivity index (χ0) is 25.0. The molecule has 0 radical (unpaired) electrons. The van der Waals surface area contributed by atoms with Gasteiger partial charge in [-0.15, -0.1) is 0 Å². The van der Waals surface area contributed by atoms with Crippen LogP contribution in [0.1, 0.15) is 55.4 Å².